The second kappa shape index (κ2) is 3.28. The molecule has 0 aliphatic heterocycles. The molecule has 1 aromatic rings. The van der Waals surface area contributed by atoms with Gasteiger partial charge in [0.15, 0.2) is 0 Å². The van der Waals surface area contributed by atoms with Gasteiger partial charge in [-0.1, -0.05) is 12.1 Å². The number of aliphatic hydroxyl groups is 1. The van der Waals surface area contributed by atoms with Crippen LogP contribution in [0.4, 0.5) is 0 Å². The lowest BCUT2D eigenvalue weighted by molar-refractivity contribution is 0.151. The number of benzene rings is 1. The van der Waals surface area contributed by atoms with E-state index in [4.69, 9.17) is 4.74 Å². The van der Waals surface area contributed by atoms with Gasteiger partial charge in [0.25, 0.3) is 0 Å². The van der Waals surface area contributed by atoms with Gasteiger partial charge in [-0.15, -0.1) is 0 Å². The standard InChI is InChI=1S/C12H16O2/c1-9-7-10(3-4-11(9)14-2)8-12(13)5-6-12/h3-4,7,13H,5-6,8H2,1-2H3. The predicted octanol–water partition coefficient (Wildman–Crippen LogP) is 2.07. The van der Waals surface area contributed by atoms with Gasteiger partial charge >= 0.3 is 0 Å². The Morgan fingerprint density at radius 3 is 2.64 bits per heavy atom. The minimum Gasteiger partial charge on any atom is -0.496 e. The van der Waals surface area contributed by atoms with Crippen molar-refractivity contribution in [3.63, 3.8) is 0 Å². The van der Waals surface area contributed by atoms with E-state index in [1.807, 2.05) is 19.1 Å². The van der Waals surface area contributed by atoms with Crippen molar-refractivity contribution in [2.45, 2.75) is 31.8 Å². The highest BCUT2D eigenvalue weighted by Crippen LogP contribution is 2.38. The summed E-state index contributed by atoms with van der Waals surface area (Å²) >= 11 is 0. The third-order valence-corrected chi connectivity index (χ3v) is 2.82. The molecular weight excluding hydrogens is 176 g/mol. The van der Waals surface area contributed by atoms with Crippen LogP contribution in [0, 0.1) is 6.92 Å². The molecule has 2 rings (SSSR count). The highest BCUT2D eigenvalue weighted by Gasteiger charge is 2.40. The second-order valence-electron chi connectivity index (χ2n) is 4.21. The molecule has 1 aromatic carbocycles. The third kappa shape index (κ3) is 1.90. The lowest BCUT2D eigenvalue weighted by atomic mass is 10.0. The molecule has 0 saturated heterocycles. The van der Waals surface area contributed by atoms with Gasteiger partial charge in [0.1, 0.15) is 5.75 Å². The summed E-state index contributed by atoms with van der Waals surface area (Å²) in [4.78, 5) is 0. The van der Waals surface area contributed by atoms with E-state index in [-0.39, 0.29) is 0 Å². The molecule has 1 aliphatic carbocycles. The molecule has 1 N–H and O–H groups in total. The summed E-state index contributed by atoms with van der Waals surface area (Å²) in [6.07, 6.45) is 2.66. The van der Waals surface area contributed by atoms with Gasteiger partial charge in [0.05, 0.1) is 12.7 Å². The Hall–Kier alpha value is -1.02. The topological polar surface area (TPSA) is 29.5 Å². The molecule has 0 radical (unpaired) electrons. The van der Waals surface area contributed by atoms with Crippen LogP contribution in [0.5, 0.6) is 5.75 Å². The van der Waals surface area contributed by atoms with E-state index in [1.165, 1.54) is 5.56 Å². The van der Waals surface area contributed by atoms with Crippen molar-refractivity contribution in [2.24, 2.45) is 0 Å². The SMILES string of the molecule is COc1ccc(CC2(O)CC2)cc1C. The molecule has 0 heterocycles. The van der Waals surface area contributed by atoms with E-state index in [9.17, 15) is 5.11 Å². The van der Waals surface area contributed by atoms with Crippen LogP contribution in [0.2, 0.25) is 0 Å². The van der Waals surface area contributed by atoms with Gasteiger partial charge < -0.3 is 9.84 Å². The van der Waals surface area contributed by atoms with Crippen molar-refractivity contribution >= 4 is 0 Å². The fourth-order valence-corrected chi connectivity index (χ4v) is 1.75. The predicted molar refractivity (Wildman–Crippen MR) is 55.6 cm³/mol. The van der Waals surface area contributed by atoms with E-state index >= 15 is 0 Å². The summed E-state index contributed by atoms with van der Waals surface area (Å²) in [5, 5.41) is 9.77. The van der Waals surface area contributed by atoms with Gasteiger partial charge in [-0.2, -0.15) is 0 Å². The first kappa shape index (κ1) is 9.53. The van der Waals surface area contributed by atoms with Crippen LogP contribution in [0.1, 0.15) is 24.0 Å². The number of methoxy groups -OCH3 is 1. The largest absolute Gasteiger partial charge is 0.496 e. The summed E-state index contributed by atoms with van der Waals surface area (Å²) < 4.78 is 5.18. The zero-order valence-electron chi connectivity index (χ0n) is 8.71. The van der Waals surface area contributed by atoms with Gasteiger partial charge in [-0.05, 0) is 37.0 Å². The van der Waals surface area contributed by atoms with Crippen molar-refractivity contribution < 1.29 is 9.84 Å². The molecule has 2 nitrogen and oxygen atoms in total. The van der Waals surface area contributed by atoms with E-state index in [0.717, 1.165) is 30.6 Å². The highest BCUT2D eigenvalue weighted by atomic mass is 16.5. The molecule has 0 aromatic heterocycles. The maximum absolute atomic E-state index is 9.77. The van der Waals surface area contributed by atoms with Gasteiger partial charge in [-0.3, -0.25) is 0 Å². The molecule has 76 valence electrons. The maximum Gasteiger partial charge on any atom is 0.121 e. The average Bonchev–Trinajstić information content (AvgIpc) is 2.84. The molecule has 0 spiro atoms. The number of rotatable bonds is 3. The molecule has 0 amide bonds. The number of hydrogen-bond donors (Lipinski definition) is 1. The second-order valence-corrected chi connectivity index (χ2v) is 4.21. The first-order valence-electron chi connectivity index (χ1n) is 4.99. The van der Waals surface area contributed by atoms with Crippen LogP contribution in [0.3, 0.4) is 0 Å². The van der Waals surface area contributed by atoms with Crippen molar-refractivity contribution in [2.75, 3.05) is 7.11 Å². The smallest absolute Gasteiger partial charge is 0.121 e. The lowest BCUT2D eigenvalue weighted by Gasteiger charge is -2.10. The molecule has 1 saturated carbocycles. The van der Waals surface area contributed by atoms with Crippen LogP contribution in [-0.2, 0) is 6.42 Å². The Bertz CT molecular complexity index is 340. The molecule has 14 heavy (non-hydrogen) atoms. The molecule has 0 bridgehead atoms. The maximum atomic E-state index is 9.77. The Labute approximate surface area is 84.5 Å². The van der Waals surface area contributed by atoms with Crippen LogP contribution in [0.25, 0.3) is 0 Å². The highest BCUT2D eigenvalue weighted by molar-refractivity contribution is 5.37. The Morgan fingerprint density at radius 2 is 2.14 bits per heavy atom. The van der Waals surface area contributed by atoms with Crippen LogP contribution < -0.4 is 4.74 Å². The Morgan fingerprint density at radius 1 is 1.43 bits per heavy atom. The summed E-state index contributed by atoms with van der Waals surface area (Å²) in [5.74, 6) is 0.913. The first-order chi connectivity index (χ1) is 6.63. The zero-order chi connectivity index (χ0) is 10.2. The minimum absolute atomic E-state index is 0.402. The number of aryl methyl sites for hydroxylation is 1. The zero-order valence-corrected chi connectivity index (χ0v) is 8.71. The quantitative estimate of drug-likeness (QED) is 0.794. The number of hydrogen-bond acceptors (Lipinski definition) is 2. The summed E-state index contributed by atoms with van der Waals surface area (Å²) in [6.45, 7) is 2.03. The summed E-state index contributed by atoms with van der Waals surface area (Å²) in [5.41, 5.74) is 1.93. The minimum atomic E-state index is -0.402. The number of ether oxygens (including phenoxy) is 1. The Kier molecular flexibility index (Phi) is 2.23. The Balaban J connectivity index is 2.15. The lowest BCUT2D eigenvalue weighted by Crippen LogP contribution is -2.10. The van der Waals surface area contributed by atoms with E-state index in [2.05, 4.69) is 6.07 Å². The fraction of sp³-hybridized carbons (Fsp3) is 0.500. The van der Waals surface area contributed by atoms with E-state index in [0.29, 0.717) is 0 Å². The molecule has 1 fully saturated rings. The molecule has 2 heteroatoms. The molecule has 0 atom stereocenters. The van der Waals surface area contributed by atoms with Crippen LogP contribution in [0.15, 0.2) is 18.2 Å². The van der Waals surface area contributed by atoms with E-state index < -0.39 is 5.60 Å². The monoisotopic (exact) mass is 192 g/mol. The summed E-state index contributed by atoms with van der Waals surface area (Å²) in [6, 6.07) is 6.09. The van der Waals surface area contributed by atoms with Crippen molar-refractivity contribution in [3.05, 3.63) is 29.3 Å². The van der Waals surface area contributed by atoms with Crippen molar-refractivity contribution in [3.8, 4) is 5.75 Å². The average molecular weight is 192 g/mol. The third-order valence-electron chi connectivity index (χ3n) is 2.82. The van der Waals surface area contributed by atoms with Crippen molar-refractivity contribution in [1.82, 2.24) is 0 Å². The van der Waals surface area contributed by atoms with Crippen LogP contribution >= 0.6 is 0 Å². The molecule has 0 unspecified atom stereocenters. The van der Waals surface area contributed by atoms with Gasteiger partial charge in [0.2, 0.25) is 0 Å². The first-order valence-corrected chi connectivity index (χ1v) is 4.99. The van der Waals surface area contributed by atoms with Gasteiger partial charge in [0, 0.05) is 6.42 Å². The summed E-state index contributed by atoms with van der Waals surface area (Å²) in [7, 11) is 1.68. The fourth-order valence-electron chi connectivity index (χ4n) is 1.75. The molecule has 1 aliphatic rings. The molecular formula is C12H16O2. The van der Waals surface area contributed by atoms with Crippen molar-refractivity contribution in [1.29, 1.82) is 0 Å². The normalized spacial score (nSPS) is 17.9. The van der Waals surface area contributed by atoms with E-state index in [1.54, 1.807) is 7.11 Å². The van der Waals surface area contributed by atoms with Gasteiger partial charge in [-0.25, -0.2) is 0 Å². The van der Waals surface area contributed by atoms with Crippen LogP contribution in [-0.4, -0.2) is 17.8 Å².